The van der Waals surface area contributed by atoms with Crippen molar-refractivity contribution in [1.82, 2.24) is 9.80 Å². The molecule has 0 N–H and O–H groups in total. The molecule has 0 bridgehead atoms. The Bertz CT molecular complexity index is 191. The number of hydrogen-bond donors (Lipinski definition) is 0. The van der Waals surface area contributed by atoms with Crippen LogP contribution in [0.2, 0.25) is 0 Å². The largest absolute Gasteiger partial charge is 0.342 e. The molecule has 1 rings (SSSR count). The van der Waals surface area contributed by atoms with E-state index in [9.17, 15) is 0 Å². The molecule has 0 unspecified atom stereocenters. The summed E-state index contributed by atoms with van der Waals surface area (Å²) >= 11 is 10.4. The van der Waals surface area contributed by atoms with Gasteiger partial charge in [0.05, 0.1) is 6.54 Å². The number of rotatable bonds is 2. The standard InChI is InChI=1S/C7H12N2S2/c1-3-8-5-6(10)9(4-2)7(8)11/h3-5H2,1-2H3. The lowest BCUT2D eigenvalue weighted by molar-refractivity contribution is 0.504. The fourth-order valence-electron chi connectivity index (χ4n) is 1.15. The molecule has 0 spiro atoms. The first kappa shape index (κ1) is 8.87. The molecule has 2 nitrogen and oxygen atoms in total. The summed E-state index contributed by atoms with van der Waals surface area (Å²) in [6.07, 6.45) is 0. The molecule has 4 heteroatoms. The number of nitrogens with zero attached hydrogens (tertiary/aromatic N) is 2. The molecule has 0 radical (unpaired) electrons. The zero-order valence-electron chi connectivity index (χ0n) is 6.83. The predicted molar refractivity (Wildman–Crippen MR) is 54.8 cm³/mol. The highest BCUT2D eigenvalue weighted by atomic mass is 32.1. The molecule has 0 aromatic rings. The fourth-order valence-corrected chi connectivity index (χ4v) is 2.01. The van der Waals surface area contributed by atoms with Gasteiger partial charge in [-0.1, -0.05) is 12.2 Å². The van der Waals surface area contributed by atoms with Crippen molar-refractivity contribution in [2.24, 2.45) is 0 Å². The van der Waals surface area contributed by atoms with E-state index in [1.807, 2.05) is 4.90 Å². The molecule has 0 aliphatic carbocycles. The molecule has 0 aromatic heterocycles. The van der Waals surface area contributed by atoms with Crippen molar-refractivity contribution < 1.29 is 0 Å². The summed E-state index contributed by atoms with van der Waals surface area (Å²) in [5.41, 5.74) is 0. The Balaban J connectivity index is 2.71. The van der Waals surface area contributed by atoms with Gasteiger partial charge in [-0.3, -0.25) is 0 Å². The number of likely N-dealkylation sites (N-methyl/N-ethyl adjacent to an activating group) is 2. The van der Waals surface area contributed by atoms with Gasteiger partial charge < -0.3 is 9.80 Å². The van der Waals surface area contributed by atoms with E-state index < -0.39 is 0 Å². The van der Waals surface area contributed by atoms with Gasteiger partial charge in [0.1, 0.15) is 4.99 Å². The molecule has 0 aromatic carbocycles. The number of thiocarbonyl (C=S) groups is 2. The summed E-state index contributed by atoms with van der Waals surface area (Å²) in [6, 6.07) is 0. The second-order valence-electron chi connectivity index (χ2n) is 2.43. The van der Waals surface area contributed by atoms with Gasteiger partial charge in [-0.25, -0.2) is 0 Å². The third kappa shape index (κ3) is 1.51. The smallest absolute Gasteiger partial charge is 0.176 e. The van der Waals surface area contributed by atoms with E-state index >= 15 is 0 Å². The van der Waals surface area contributed by atoms with Crippen LogP contribution in [0.4, 0.5) is 0 Å². The van der Waals surface area contributed by atoms with Gasteiger partial charge in [-0.15, -0.1) is 0 Å². The fraction of sp³-hybridized carbons (Fsp3) is 0.714. The van der Waals surface area contributed by atoms with Crippen LogP contribution >= 0.6 is 24.4 Å². The monoisotopic (exact) mass is 188 g/mol. The second-order valence-corrected chi connectivity index (χ2v) is 3.27. The van der Waals surface area contributed by atoms with Crippen LogP contribution in [0.15, 0.2) is 0 Å². The van der Waals surface area contributed by atoms with Crippen molar-refractivity contribution in [3.8, 4) is 0 Å². The Morgan fingerprint density at radius 3 is 2.18 bits per heavy atom. The predicted octanol–water partition coefficient (Wildman–Crippen LogP) is 1.26. The van der Waals surface area contributed by atoms with Gasteiger partial charge in [-0.05, 0) is 26.1 Å². The van der Waals surface area contributed by atoms with Crippen LogP contribution in [0.3, 0.4) is 0 Å². The van der Waals surface area contributed by atoms with Crippen molar-refractivity contribution in [2.45, 2.75) is 13.8 Å². The second kappa shape index (κ2) is 3.45. The Kier molecular flexibility index (Phi) is 2.78. The van der Waals surface area contributed by atoms with Crippen LogP contribution in [0, 0.1) is 0 Å². The van der Waals surface area contributed by atoms with E-state index in [2.05, 4.69) is 18.7 Å². The Labute approximate surface area is 78.2 Å². The maximum Gasteiger partial charge on any atom is 0.176 e. The van der Waals surface area contributed by atoms with Crippen LogP contribution in [0.5, 0.6) is 0 Å². The Morgan fingerprint density at radius 2 is 1.91 bits per heavy atom. The van der Waals surface area contributed by atoms with Crippen LogP contribution in [-0.2, 0) is 0 Å². The van der Waals surface area contributed by atoms with E-state index in [-0.39, 0.29) is 0 Å². The molecule has 1 heterocycles. The lowest BCUT2D eigenvalue weighted by Gasteiger charge is -2.17. The van der Waals surface area contributed by atoms with E-state index in [0.717, 1.165) is 29.7 Å². The van der Waals surface area contributed by atoms with Crippen molar-refractivity contribution in [2.75, 3.05) is 19.6 Å². The minimum Gasteiger partial charge on any atom is -0.342 e. The van der Waals surface area contributed by atoms with Crippen molar-refractivity contribution in [3.63, 3.8) is 0 Å². The zero-order chi connectivity index (χ0) is 8.43. The minimum atomic E-state index is 0.832. The van der Waals surface area contributed by atoms with Crippen molar-refractivity contribution in [1.29, 1.82) is 0 Å². The van der Waals surface area contributed by atoms with Crippen LogP contribution in [0.1, 0.15) is 13.8 Å². The average Bonchev–Trinajstić information content (AvgIpc) is 2.26. The maximum atomic E-state index is 5.20. The molecule has 11 heavy (non-hydrogen) atoms. The first-order valence-electron chi connectivity index (χ1n) is 3.80. The van der Waals surface area contributed by atoms with E-state index in [1.165, 1.54) is 0 Å². The van der Waals surface area contributed by atoms with Gasteiger partial charge in [0.2, 0.25) is 0 Å². The Hall–Kier alpha value is -0.220. The third-order valence-electron chi connectivity index (χ3n) is 1.83. The maximum absolute atomic E-state index is 5.20. The lowest BCUT2D eigenvalue weighted by Crippen LogP contribution is -2.31. The summed E-state index contributed by atoms with van der Waals surface area (Å²) in [4.78, 5) is 5.08. The summed E-state index contributed by atoms with van der Waals surface area (Å²) in [6.45, 7) is 6.84. The van der Waals surface area contributed by atoms with Gasteiger partial charge in [0.25, 0.3) is 0 Å². The SMILES string of the molecule is CCN1CC(=S)N(CC)C1=S. The van der Waals surface area contributed by atoms with Gasteiger partial charge >= 0.3 is 0 Å². The molecule has 0 amide bonds. The molecule has 1 saturated heterocycles. The molecule has 1 aliphatic rings. The highest BCUT2D eigenvalue weighted by Gasteiger charge is 2.26. The summed E-state index contributed by atoms with van der Waals surface area (Å²) in [5.74, 6) is 0. The lowest BCUT2D eigenvalue weighted by atomic mass is 10.5. The molecule has 0 saturated carbocycles. The van der Waals surface area contributed by atoms with Crippen LogP contribution in [-0.4, -0.2) is 39.5 Å². The van der Waals surface area contributed by atoms with Crippen molar-refractivity contribution in [3.05, 3.63) is 0 Å². The third-order valence-corrected chi connectivity index (χ3v) is 2.65. The van der Waals surface area contributed by atoms with E-state index in [4.69, 9.17) is 24.4 Å². The van der Waals surface area contributed by atoms with E-state index in [1.54, 1.807) is 0 Å². The summed E-state index contributed by atoms with van der Waals surface area (Å²) in [5, 5.41) is 0.889. The van der Waals surface area contributed by atoms with Gasteiger partial charge in [0.15, 0.2) is 5.11 Å². The highest BCUT2D eigenvalue weighted by molar-refractivity contribution is 7.82. The normalized spacial score (nSPS) is 18.4. The number of hydrogen-bond acceptors (Lipinski definition) is 2. The zero-order valence-corrected chi connectivity index (χ0v) is 8.47. The van der Waals surface area contributed by atoms with Crippen molar-refractivity contribution >= 4 is 34.5 Å². The summed E-state index contributed by atoms with van der Waals surface area (Å²) in [7, 11) is 0. The topological polar surface area (TPSA) is 6.48 Å². The van der Waals surface area contributed by atoms with Gasteiger partial charge in [-0.2, -0.15) is 0 Å². The molecular weight excluding hydrogens is 176 g/mol. The molecule has 62 valence electrons. The first-order valence-corrected chi connectivity index (χ1v) is 4.61. The molecule has 0 atom stereocenters. The molecule has 1 fully saturated rings. The quantitative estimate of drug-likeness (QED) is 0.602. The van der Waals surface area contributed by atoms with E-state index in [0.29, 0.717) is 0 Å². The van der Waals surface area contributed by atoms with Crippen LogP contribution < -0.4 is 0 Å². The minimum absolute atomic E-state index is 0.832. The highest BCUT2D eigenvalue weighted by Crippen LogP contribution is 2.10. The van der Waals surface area contributed by atoms with Crippen LogP contribution in [0.25, 0.3) is 0 Å². The first-order chi connectivity index (χ1) is 5.20. The Morgan fingerprint density at radius 1 is 1.27 bits per heavy atom. The molecule has 1 aliphatic heterocycles. The summed E-state index contributed by atoms with van der Waals surface area (Å²) < 4.78 is 0. The van der Waals surface area contributed by atoms with Gasteiger partial charge in [0, 0.05) is 13.1 Å². The average molecular weight is 188 g/mol. The molecular formula is C7H12N2S2.